The van der Waals surface area contributed by atoms with Gasteiger partial charge in [0.15, 0.2) is 0 Å². The molecule has 2 atom stereocenters. The van der Waals surface area contributed by atoms with Crippen LogP contribution in [-0.4, -0.2) is 5.11 Å². The highest BCUT2D eigenvalue weighted by Crippen LogP contribution is 2.52. The molecule has 1 N–H and O–H groups in total. The zero-order valence-electron chi connectivity index (χ0n) is 9.42. The third kappa shape index (κ3) is 1.98. The van der Waals surface area contributed by atoms with Crippen LogP contribution in [0.2, 0.25) is 5.02 Å². The molecule has 2 rings (SSSR count). The van der Waals surface area contributed by atoms with Crippen molar-refractivity contribution in [1.82, 2.24) is 0 Å². The molecule has 1 fully saturated rings. The smallest absolute Gasteiger partial charge is 0.117 e. The molecule has 15 heavy (non-hydrogen) atoms. The van der Waals surface area contributed by atoms with Gasteiger partial charge in [-0.15, -0.1) is 0 Å². The molecule has 82 valence electrons. The van der Waals surface area contributed by atoms with Crippen molar-refractivity contribution in [2.75, 3.05) is 0 Å². The fourth-order valence-corrected chi connectivity index (χ4v) is 2.58. The van der Waals surface area contributed by atoms with Gasteiger partial charge in [-0.25, -0.2) is 0 Å². The maximum Gasteiger partial charge on any atom is 0.117 e. The zero-order valence-corrected chi connectivity index (χ0v) is 10.2. The van der Waals surface area contributed by atoms with Crippen molar-refractivity contribution in [3.8, 4) is 5.75 Å². The molecule has 0 radical (unpaired) electrons. The number of hydrogen-bond acceptors (Lipinski definition) is 1. The van der Waals surface area contributed by atoms with Crippen LogP contribution in [0.1, 0.15) is 50.2 Å². The van der Waals surface area contributed by atoms with E-state index in [4.69, 9.17) is 11.6 Å². The van der Waals surface area contributed by atoms with Crippen LogP contribution in [0.5, 0.6) is 5.75 Å². The Balaban J connectivity index is 2.50. The summed E-state index contributed by atoms with van der Waals surface area (Å²) in [6.45, 7) is 6.53. The van der Waals surface area contributed by atoms with E-state index in [1.54, 1.807) is 6.07 Å². The van der Waals surface area contributed by atoms with E-state index in [0.717, 1.165) is 10.9 Å². The third-order valence-corrected chi connectivity index (χ3v) is 3.56. The van der Waals surface area contributed by atoms with E-state index in [1.807, 2.05) is 6.07 Å². The van der Waals surface area contributed by atoms with Crippen LogP contribution in [0.25, 0.3) is 0 Å². The van der Waals surface area contributed by atoms with Crippen LogP contribution in [-0.2, 0) is 0 Å². The summed E-state index contributed by atoms with van der Waals surface area (Å²) in [4.78, 5) is 0. The van der Waals surface area contributed by atoms with E-state index in [2.05, 4.69) is 20.8 Å². The lowest BCUT2D eigenvalue weighted by atomic mass is 9.93. The van der Waals surface area contributed by atoms with Gasteiger partial charge in [0, 0.05) is 5.02 Å². The molecule has 0 amide bonds. The molecule has 1 aromatic rings. The lowest BCUT2D eigenvalue weighted by molar-refractivity contribution is 0.473. The first-order valence-electron chi connectivity index (χ1n) is 5.53. The molecule has 0 spiro atoms. The van der Waals surface area contributed by atoms with Gasteiger partial charge in [0.2, 0.25) is 0 Å². The SMILES string of the molecule is CC(C)c1cc(O)cc(Cl)c1[C@@H]1C[C@@H]1C. The second-order valence-electron chi connectivity index (χ2n) is 4.90. The number of phenolic OH excluding ortho intramolecular Hbond substituents is 1. The zero-order chi connectivity index (χ0) is 11.2. The second kappa shape index (κ2) is 3.71. The van der Waals surface area contributed by atoms with E-state index in [-0.39, 0.29) is 5.75 Å². The minimum absolute atomic E-state index is 0.278. The average Bonchev–Trinajstić information content (AvgIpc) is 2.80. The van der Waals surface area contributed by atoms with Crippen LogP contribution in [0, 0.1) is 5.92 Å². The van der Waals surface area contributed by atoms with Crippen molar-refractivity contribution >= 4 is 11.6 Å². The maximum absolute atomic E-state index is 9.55. The number of phenols is 1. The van der Waals surface area contributed by atoms with Crippen molar-refractivity contribution in [3.63, 3.8) is 0 Å². The predicted molar refractivity (Wildman–Crippen MR) is 63.7 cm³/mol. The quantitative estimate of drug-likeness (QED) is 0.795. The number of aromatic hydroxyl groups is 1. The molecule has 0 bridgehead atoms. The van der Waals surface area contributed by atoms with Gasteiger partial charge in [-0.05, 0) is 47.4 Å². The molecule has 0 heterocycles. The average molecular weight is 225 g/mol. The van der Waals surface area contributed by atoms with Crippen molar-refractivity contribution in [2.24, 2.45) is 5.92 Å². The van der Waals surface area contributed by atoms with Crippen LogP contribution >= 0.6 is 11.6 Å². The van der Waals surface area contributed by atoms with Crippen LogP contribution in [0.4, 0.5) is 0 Å². The van der Waals surface area contributed by atoms with E-state index in [9.17, 15) is 5.11 Å². The summed E-state index contributed by atoms with van der Waals surface area (Å²) in [5.74, 6) is 2.04. The van der Waals surface area contributed by atoms with Crippen LogP contribution in [0.3, 0.4) is 0 Å². The molecule has 1 saturated carbocycles. The lowest BCUT2D eigenvalue weighted by Gasteiger charge is -2.15. The summed E-state index contributed by atoms with van der Waals surface area (Å²) in [6, 6.07) is 3.52. The fourth-order valence-electron chi connectivity index (χ4n) is 2.22. The minimum atomic E-state index is 0.278. The highest BCUT2D eigenvalue weighted by atomic mass is 35.5. The Morgan fingerprint density at radius 1 is 1.40 bits per heavy atom. The summed E-state index contributed by atoms with van der Waals surface area (Å²) in [7, 11) is 0. The Morgan fingerprint density at radius 3 is 2.47 bits per heavy atom. The fraction of sp³-hybridized carbons (Fsp3) is 0.538. The molecule has 1 aromatic carbocycles. The van der Waals surface area contributed by atoms with E-state index >= 15 is 0 Å². The van der Waals surface area contributed by atoms with Gasteiger partial charge in [0.25, 0.3) is 0 Å². The van der Waals surface area contributed by atoms with Crippen LogP contribution < -0.4 is 0 Å². The summed E-state index contributed by atoms with van der Waals surface area (Å²) in [6.07, 6.45) is 1.23. The normalized spacial score (nSPS) is 24.6. The van der Waals surface area contributed by atoms with Gasteiger partial charge in [0.1, 0.15) is 5.75 Å². The predicted octanol–water partition coefficient (Wildman–Crippen LogP) is 4.29. The van der Waals surface area contributed by atoms with E-state index < -0.39 is 0 Å². The number of halogens is 1. The molecular formula is C13H17ClO. The Hall–Kier alpha value is -0.690. The number of benzene rings is 1. The van der Waals surface area contributed by atoms with E-state index in [1.165, 1.54) is 17.5 Å². The van der Waals surface area contributed by atoms with Crippen molar-refractivity contribution < 1.29 is 5.11 Å². The highest BCUT2D eigenvalue weighted by Gasteiger charge is 2.37. The highest BCUT2D eigenvalue weighted by molar-refractivity contribution is 6.31. The van der Waals surface area contributed by atoms with Gasteiger partial charge >= 0.3 is 0 Å². The van der Waals surface area contributed by atoms with E-state index in [0.29, 0.717) is 11.8 Å². The van der Waals surface area contributed by atoms with Gasteiger partial charge in [-0.2, -0.15) is 0 Å². The van der Waals surface area contributed by atoms with Crippen molar-refractivity contribution in [2.45, 2.75) is 39.0 Å². The van der Waals surface area contributed by atoms with Gasteiger partial charge < -0.3 is 5.11 Å². The lowest BCUT2D eigenvalue weighted by Crippen LogP contribution is -1.96. The van der Waals surface area contributed by atoms with Gasteiger partial charge in [0.05, 0.1) is 0 Å². The molecule has 0 saturated heterocycles. The molecule has 0 unspecified atom stereocenters. The summed E-state index contributed by atoms with van der Waals surface area (Å²) >= 11 is 6.22. The molecule has 2 heteroatoms. The largest absolute Gasteiger partial charge is 0.508 e. The first-order valence-corrected chi connectivity index (χ1v) is 5.90. The molecule has 1 aliphatic rings. The molecule has 0 aromatic heterocycles. The molecular weight excluding hydrogens is 208 g/mol. The van der Waals surface area contributed by atoms with Crippen LogP contribution in [0.15, 0.2) is 12.1 Å². The standard InChI is InChI=1S/C13H17ClO/c1-7(2)10-5-9(15)6-12(14)13(10)11-4-8(11)3/h5-8,11,15H,4H2,1-3H3/t8-,11+/m0/s1. The Kier molecular flexibility index (Phi) is 2.68. The minimum Gasteiger partial charge on any atom is -0.508 e. The number of hydrogen-bond donors (Lipinski definition) is 1. The second-order valence-corrected chi connectivity index (χ2v) is 5.31. The van der Waals surface area contributed by atoms with Crippen molar-refractivity contribution in [3.05, 3.63) is 28.3 Å². The first kappa shape index (κ1) is 10.8. The summed E-state index contributed by atoms with van der Waals surface area (Å²) in [5, 5.41) is 10.3. The summed E-state index contributed by atoms with van der Waals surface area (Å²) in [5.41, 5.74) is 2.46. The monoisotopic (exact) mass is 224 g/mol. The number of rotatable bonds is 2. The van der Waals surface area contributed by atoms with Gasteiger partial charge in [-0.3, -0.25) is 0 Å². The Morgan fingerprint density at radius 2 is 2.00 bits per heavy atom. The first-order chi connectivity index (χ1) is 7.00. The topological polar surface area (TPSA) is 20.2 Å². The molecule has 0 aliphatic heterocycles. The summed E-state index contributed by atoms with van der Waals surface area (Å²) < 4.78 is 0. The maximum atomic E-state index is 9.55. The third-order valence-electron chi connectivity index (χ3n) is 3.25. The Labute approximate surface area is 96.1 Å². The van der Waals surface area contributed by atoms with Gasteiger partial charge in [-0.1, -0.05) is 32.4 Å². The molecule has 1 aliphatic carbocycles. The van der Waals surface area contributed by atoms with Crippen molar-refractivity contribution in [1.29, 1.82) is 0 Å². The Bertz CT molecular complexity index is 384. The molecule has 1 nitrogen and oxygen atoms in total.